The highest BCUT2D eigenvalue weighted by molar-refractivity contribution is 5.93. The molecule has 5 heteroatoms. The number of carbonyl (C=O) groups is 1. The maximum Gasteiger partial charge on any atom is 0.276 e. The van der Waals surface area contributed by atoms with Crippen LogP contribution in [0.5, 0.6) is 0 Å². The Morgan fingerprint density at radius 3 is 2.79 bits per heavy atom. The molecular formula is C19H18N2O3. The first-order valence-corrected chi connectivity index (χ1v) is 8.10. The van der Waals surface area contributed by atoms with Crippen molar-refractivity contribution in [2.75, 3.05) is 6.54 Å². The van der Waals surface area contributed by atoms with Crippen LogP contribution in [0.15, 0.2) is 57.7 Å². The number of aryl methyl sites for hydroxylation is 1. The zero-order valence-electron chi connectivity index (χ0n) is 13.4. The summed E-state index contributed by atoms with van der Waals surface area (Å²) in [7, 11) is 0. The molecule has 0 bridgehead atoms. The summed E-state index contributed by atoms with van der Waals surface area (Å²) in [6.07, 6.45) is 3.53. The molecule has 1 aliphatic heterocycles. The third kappa shape index (κ3) is 2.62. The summed E-state index contributed by atoms with van der Waals surface area (Å²) in [5, 5.41) is 3.93. The molecule has 1 aromatic carbocycles. The van der Waals surface area contributed by atoms with Crippen LogP contribution in [0.2, 0.25) is 0 Å². The first-order valence-electron chi connectivity index (χ1n) is 8.10. The lowest BCUT2D eigenvalue weighted by molar-refractivity contribution is 0.0725. The minimum absolute atomic E-state index is 0.0976. The molecule has 3 aromatic rings. The average molecular weight is 322 g/mol. The van der Waals surface area contributed by atoms with Gasteiger partial charge in [-0.05, 0) is 37.5 Å². The van der Waals surface area contributed by atoms with Gasteiger partial charge in [0.25, 0.3) is 5.91 Å². The third-order valence-corrected chi connectivity index (χ3v) is 4.47. The summed E-state index contributed by atoms with van der Waals surface area (Å²) in [5.74, 6) is 0.937. The van der Waals surface area contributed by atoms with E-state index in [1.807, 2.05) is 4.90 Å². The van der Waals surface area contributed by atoms with Crippen LogP contribution < -0.4 is 0 Å². The highest BCUT2D eigenvalue weighted by atomic mass is 16.5. The van der Waals surface area contributed by atoms with Crippen molar-refractivity contribution < 1.29 is 13.7 Å². The zero-order valence-corrected chi connectivity index (χ0v) is 13.4. The minimum Gasteiger partial charge on any atom is -0.461 e. The van der Waals surface area contributed by atoms with Crippen LogP contribution in [0, 0.1) is 6.92 Å². The normalized spacial score (nSPS) is 17.4. The molecule has 0 N–H and O–H groups in total. The number of likely N-dealkylation sites (tertiary alicyclic amines) is 1. The Hall–Kier alpha value is -2.82. The first kappa shape index (κ1) is 14.8. The summed E-state index contributed by atoms with van der Waals surface area (Å²) in [6, 6.07) is 13.7. The van der Waals surface area contributed by atoms with Crippen LogP contribution in [0.25, 0.3) is 11.5 Å². The maximum absolute atomic E-state index is 12.9. The van der Waals surface area contributed by atoms with Gasteiger partial charge in [-0.15, -0.1) is 0 Å². The molecule has 3 heterocycles. The second-order valence-corrected chi connectivity index (χ2v) is 6.12. The van der Waals surface area contributed by atoms with Crippen molar-refractivity contribution in [3.05, 3.63) is 65.5 Å². The second kappa shape index (κ2) is 6.00. The van der Waals surface area contributed by atoms with E-state index in [9.17, 15) is 4.79 Å². The number of rotatable bonds is 3. The SMILES string of the molecule is Cc1ccc([C@@H]2CCCN2C(=O)c2cc(-c3ccco3)on2)cc1. The third-order valence-electron chi connectivity index (χ3n) is 4.47. The number of amides is 1. The van der Waals surface area contributed by atoms with Gasteiger partial charge in [0.15, 0.2) is 11.5 Å². The largest absolute Gasteiger partial charge is 0.461 e. The summed E-state index contributed by atoms with van der Waals surface area (Å²) in [4.78, 5) is 14.7. The molecule has 1 amide bonds. The Morgan fingerprint density at radius 2 is 2.04 bits per heavy atom. The van der Waals surface area contributed by atoms with E-state index < -0.39 is 0 Å². The van der Waals surface area contributed by atoms with Crippen LogP contribution in [0.4, 0.5) is 0 Å². The standard InChI is InChI=1S/C19H18N2O3/c1-13-6-8-14(9-7-13)16-4-2-10-21(16)19(22)15-12-18(24-20-15)17-5-3-11-23-17/h3,5-9,11-12,16H,2,4,10H2,1H3/t16-/m0/s1. The van der Waals surface area contributed by atoms with Gasteiger partial charge in [-0.1, -0.05) is 35.0 Å². The number of nitrogens with zero attached hydrogens (tertiary/aromatic N) is 2. The lowest BCUT2D eigenvalue weighted by Gasteiger charge is -2.24. The van der Waals surface area contributed by atoms with Crippen molar-refractivity contribution in [3.63, 3.8) is 0 Å². The van der Waals surface area contributed by atoms with E-state index in [0.29, 0.717) is 17.2 Å². The molecule has 0 saturated carbocycles. The van der Waals surface area contributed by atoms with Gasteiger partial charge in [-0.3, -0.25) is 4.79 Å². The Morgan fingerprint density at radius 1 is 1.21 bits per heavy atom. The second-order valence-electron chi connectivity index (χ2n) is 6.12. The average Bonchev–Trinajstić information content (AvgIpc) is 3.34. The number of hydrogen-bond donors (Lipinski definition) is 0. The molecular weight excluding hydrogens is 304 g/mol. The van der Waals surface area contributed by atoms with Crippen LogP contribution in [-0.4, -0.2) is 22.5 Å². The number of furan rings is 1. The molecule has 1 saturated heterocycles. The van der Waals surface area contributed by atoms with Crippen molar-refractivity contribution in [1.29, 1.82) is 0 Å². The van der Waals surface area contributed by atoms with Gasteiger partial charge >= 0.3 is 0 Å². The Bertz CT molecular complexity index is 834. The lowest BCUT2D eigenvalue weighted by Crippen LogP contribution is -2.30. The van der Waals surface area contributed by atoms with Gasteiger partial charge in [0, 0.05) is 12.6 Å². The number of hydrogen-bond acceptors (Lipinski definition) is 4. The predicted octanol–water partition coefficient (Wildman–Crippen LogP) is 4.22. The number of carbonyl (C=O) groups excluding carboxylic acids is 1. The first-order chi connectivity index (χ1) is 11.7. The molecule has 0 unspecified atom stereocenters. The highest BCUT2D eigenvalue weighted by Gasteiger charge is 2.32. The van der Waals surface area contributed by atoms with E-state index in [1.54, 1.807) is 24.5 Å². The summed E-state index contributed by atoms with van der Waals surface area (Å²) in [6.45, 7) is 2.80. The summed E-state index contributed by atoms with van der Waals surface area (Å²) in [5.41, 5.74) is 2.70. The maximum atomic E-state index is 12.9. The Kier molecular flexibility index (Phi) is 3.69. The smallest absolute Gasteiger partial charge is 0.276 e. The summed E-state index contributed by atoms with van der Waals surface area (Å²) < 4.78 is 10.5. The van der Waals surface area contributed by atoms with Gasteiger partial charge in [0.2, 0.25) is 5.76 Å². The summed E-state index contributed by atoms with van der Waals surface area (Å²) >= 11 is 0. The highest BCUT2D eigenvalue weighted by Crippen LogP contribution is 2.33. The number of benzene rings is 1. The molecule has 2 aromatic heterocycles. The molecule has 122 valence electrons. The molecule has 5 nitrogen and oxygen atoms in total. The minimum atomic E-state index is -0.0976. The fourth-order valence-electron chi connectivity index (χ4n) is 3.20. The van der Waals surface area contributed by atoms with Gasteiger partial charge < -0.3 is 13.8 Å². The van der Waals surface area contributed by atoms with Gasteiger partial charge in [-0.2, -0.15) is 0 Å². The fourth-order valence-corrected chi connectivity index (χ4v) is 3.20. The Labute approximate surface area is 139 Å². The van der Waals surface area contributed by atoms with Crippen molar-refractivity contribution >= 4 is 5.91 Å². The van der Waals surface area contributed by atoms with Crippen molar-refractivity contribution in [3.8, 4) is 11.5 Å². The van der Waals surface area contributed by atoms with E-state index in [1.165, 1.54) is 11.1 Å². The molecule has 1 aliphatic rings. The molecule has 4 rings (SSSR count). The van der Waals surface area contributed by atoms with E-state index in [0.717, 1.165) is 19.4 Å². The van der Waals surface area contributed by atoms with Gasteiger partial charge in [0.05, 0.1) is 12.3 Å². The van der Waals surface area contributed by atoms with E-state index >= 15 is 0 Å². The van der Waals surface area contributed by atoms with Crippen molar-refractivity contribution in [2.45, 2.75) is 25.8 Å². The zero-order chi connectivity index (χ0) is 16.5. The van der Waals surface area contributed by atoms with E-state index in [-0.39, 0.29) is 11.9 Å². The molecule has 24 heavy (non-hydrogen) atoms. The van der Waals surface area contributed by atoms with E-state index in [2.05, 4.69) is 36.3 Å². The molecule has 0 radical (unpaired) electrons. The van der Waals surface area contributed by atoms with Crippen molar-refractivity contribution in [1.82, 2.24) is 10.1 Å². The van der Waals surface area contributed by atoms with Gasteiger partial charge in [-0.25, -0.2) is 0 Å². The molecule has 1 atom stereocenters. The van der Waals surface area contributed by atoms with Crippen LogP contribution in [0.3, 0.4) is 0 Å². The monoisotopic (exact) mass is 322 g/mol. The van der Waals surface area contributed by atoms with Crippen LogP contribution in [0.1, 0.15) is 40.5 Å². The molecule has 0 spiro atoms. The topological polar surface area (TPSA) is 59.5 Å². The molecule has 1 fully saturated rings. The molecule has 0 aliphatic carbocycles. The lowest BCUT2D eigenvalue weighted by atomic mass is 10.0. The quantitative estimate of drug-likeness (QED) is 0.724. The van der Waals surface area contributed by atoms with Crippen LogP contribution in [-0.2, 0) is 0 Å². The van der Waals surface area contributed by atoms with Crippen LogP contribution >= 0.6 is 0 Å². The fraction of sp³-hybridized carbons (Fsp3) is 0.263. The Balaban J connectivity index is 1.58. The predicted molar refractivity (Wildman–Crippen MR) is 88.4 cm³/mol. The van der Waals surface area contributed by atoms with Gasteiger partial charge in [0.1, 0.15) is 0 Å². The number of aromatic nitrogens is 1. The van der Waals surface area contributed by atoms with Crippen molar-refractivity contribution in [2.24, 2.45) is 0 Å². The van der Waals surface area contributed by atoms with E-state index in [4.69, 9.17) is 8.94 Å².